The molecule has 1 aliphatic rings. The minimum absolute atomic E-state index is 0.0868. The van der Waals surface area contributed by atoms with Crippen molar-refractivity contribution in [2.24, 2.45) is 0 Å². The van der Waals surface area contributed by atoms with Crippen LogP contribution in [-0.4, -0.2) is 36.0 Å². The highest BCUT2D eigenvalue weighted by molar-refractivity contribution is 5.87. The molecule has 2 aromatic rings. The number of nitrogens with zero attached hydrogens (tertiary/aromatic N) is 1. The summed E-state index contributed by atoms with van der Waals surface area (Å²) in [7, 11) is 0. The summed E-state index contributed by atoms with van der Waals surface area (Å²) in [6.07, 6.45) is 1.26. The zero-order valence-corrected chi connectivity index (χ0v) is 13.9. The molecule has 0 aliphatic carbocycles. The summed E-state index contributed by atoms with van der Waals surface area (Å²) in [5.41, 5.74) is 1.14. The molecule has 1 heterocycles. The lowest BCUT2D eigenvalue weighted by Crippen LogP contribution is -2.43. The van der Waals surface area contributed by atoms with Crippen molar-refractivity contribution in [3.63, 3.8) is 0 Å². The highest BCUT2D eigenvalue weighted by atomic mass is 16.2. The van der Waals surface area contributed by atoms with Crippen molar-refractivity contribution in [3.05, 3.63) is 48.0 Å². The van der Waals surface area contributed by atoms with Crippen LogP contribution in [0, 0.1) is 0 Å². The highest BCUT2D eigenvalue weighted by Crippen LogP contribution is 2.22. The molecule has 0 radical (unpaired) electrons. The lowest BCUT2D eigenvalue weighted by molar-refractivity contribution is -0.128. The van der Waals surface area contributed by atoms with Crippen molar-refractivity contribution >= 4 is 22.7 Å². The van der Waals surface area contributed by atoms with E-state index in [2.05, 4.69) is 34.9 Å². The predicted molar refractivity (Wildman–Crippen MR) is 94.6 cm³/mol. The number of carbonyl (C=O) groups excluding carboxylic acids is 2. The van der Waals surface area contributed by atoms with Gasteiger partial charge in [-0.05, 0) is 22.8 Å². The summed E-state index contributed by atoms with van der Waals surface area (Å²) >= 11 is 0. The molecule has 1 aliphatic heterocycles. The van der Waals surface area contributed by atoms with E-state index < -0.39 is 0 Å². The molecule has 0 aromatic heterocycles. The van der Waals surface area contributed by atoms with Gasteiger partial charge in [-0.15, -0.1) is 0 Å². The van der Waals surface area contributed by atoms with Gasteiger partial charge in [-0.25, -0.2) is 4.79 Å². The number of rotatable bonds is 5. The molecule has 24 heavy (non-hydrogen) atoms. The third-order valence-corrected chi connectivity index (χ3v) is 4.33. The van der Waals surface area contributed by atoms with Gasteiger partial charge in [0.15, 0.2) is 0 Å². The Labute approximate surface area is 142 Å². The summed E-state index contributed by atoms with van der Waals surface area (Å²) in [5.74, 6) is 0.0868. The minimum Gasteiger partial charge on any atom is -0.338 e. The molecule has 3 amide bonds. The molecule has 1 fully saturated rings. The first kappa shape index (κ1) is 16.3. The van der Waals surface area contributed by atoms with E-state index in [0.717, 1.165) is 12.0 Å². The van der Waals surface area contributed by atoms with Gasteiger partial charge in [-0.3, -0.25) is 4.79 Å². The summed E-state index contributed by atoms with van der Waals surface area (Å²) in [6.45, 7) is 3.79. The van der Waals surface area contributed by atoms with Crippen molar-refractivity contribution in [3.8, 4) is 0 Å². The molecule has 5 nitrogen and oxygen atoms in total. The maximum absolute atomic E-state index is 12.3. The number of hydrogen-bond donors (Lipinski definition) is 2. The number of benzene rings is 2. The van der Waals surface area contributed by atoms with E-state index in [9.17, 15) is 9.59 Å². The lowest BCUT2D eigenvalue weighted by atomic mass is 10.0. The summed E-state index contributed by atoms with van der Waals surface area (Å²) in [6, 6.07) is 14.0. The predicted octanol–water partition coefficient (Wildman–Crippen LogP) is 2.65. The Bertz CT molecular complexity index is 739. The number of nitrogens with one attached hydrogen (secondary N) is 2. The number of amides is 3. The molecule has 3 rings (SSSR count). The van der Waals surface area contributed by atoms with Crippen LogP contribution >= 0.6 is 0 Å². The molecule has 0 spiro atoms. The van der Waals surface area contributed by atoms with Crippen molar-refractivity contribution in [1.29, 1.82) is 0 Å². The summed E-state index contributed by atoms with van der Waals surface area (Å²) in [5, 5.41) is 8.01. The number of fused-ring (bicyclic) bond motifs is 1. The molecule has 2 aromatic carbocycles. The fourth-order valence-corrected chi connectivity index (χ4v) is 3.13. The Morgan fingerprint density at radius 1 is 1.21 bits per heavy atom. The maximum atomic E-state index is 12.3. The Balaban J connectivity index is 1.65. The quantitative estimate of drug-likeness (QED) is 0.888. The standard InChI is InChI=1S/C19H23N3O2/c1-2-10-20-19(24)21-16-11-18(23)22(13-16)12-15-8-5-7-14-6-3-4-9-17(14)15/h3-9,16H,2,10-13H2,1H3,(H2,20,21,24). The van der Waals surface area contributed by atoms with E-state index >= 15 is 0 Å². The van der Waals surface area contributed by atoms with Gasteiger partial charge in [-0.1, -0.05) is 49.4 Å². The van der Waals surface area contributed by atoms with Crippen LogP contribution < -0.4 is 10.6 Å². The van der Waals surface area contributed by atoms with Crippen LogP contribution in [0.2, 0.25) is 0 Å². The van der Waals surface area contributed by atoms with E-state index in [1.165, 1.54) is 10.8 Å². The maximum Gasteiger partial charge on any atom is 0.315 e. The van der Waals surface area contributed by atoms with E-state index in [1.807, 2.05) is 30.0 Å². The fraction of sp³-hybridized carbons (Fsp3) is 0.368. The third kappa shape index (κ3) is 3.67. The first-order chi connectivity index (χ1) is 11.7. The first-order valence-electron chi connectivity index (χ1n) is 8.46. The highest BCUT2D eigenvalue weighted by Gasteiger charge is 2.30. The normalized spacial score (nSPS) is 17.3. The van der Waals surface area contributed by atoms with Crippen molar-refractivity contribution in [2.75, 3.05) is 13.1 Å². The number of likely N-dealkylation sites (tertiary alicyclic amines) is 1. The van der Waals surface area contributed by atoms with Gasteiger partial charge < -0.3 is 15.5 Å². The molecular formula is C19H23N3O2. The first-order valence-corrected chi connectivity index (χ1v) is 8.46. The van der Waals surface area contributed by atoms with E-state index in [0.29, 0.717) is 26.1 Å². The third-order valence-electron chi connectivity index (χ3n) is 4.33. The zero-order valence-electron chi connectivity index (χ0n) is 13.9. The molecule has 5 heteroatoms. The van der Waals surface area contributed by atoms with Gasteiger partial charge in [0.1, 0.15) is 0 Å². The zero-order chi connectivity index (χ0) is 16.9. The fourth-order valence-electron chi connectivity index (χ4n) is 3.13. The van der Waals surface area contributed by atoms with Gasteiger partial charge in [0, 0.05) is 26.1 Å². The number of hydrogen-bond acceptors (Lipinski definition) is 2. The second kappa shape index (κ2) is 7.34. The van der Waals surface area contributed by atoms with Crippen LogP contribution in [0.1, 0.15) is 25.3 Å². The van der Waals surface area contributed by atoms with E-state index in [4.69, 9.17) is 0 Å². The largest absolute Gasteiger partial charge is 0.338 e. The monoisotopic (exact) mass is 325 g/mol. The smallest absolute Gasteiger partial charge is 0.315 e. The molecule has 2 N–H and O–H groups in total. The lowest BCUT2D eigenvalue weighted by Gasteiger charge is -2.18. The molecule has 1 saturated heterocycles. The number of urea groups is 1. The molecule has 1 unspecified atom stereocenters. The average molecular weight is 325 g/mol. The van der Waals surface area contributed by atoms with Gasteiger partial charge in [0.25, 0.3) is 0 Å². The van der Waals surface area contributed by atoms with Crippen molar-refractivity contribution < 1.29 is 9.59 Å². The second-order valence-electron chi connectivity index (χ2n) is 6.21. The topological polar surface area (TPSA) is 61.4 Å². The van der Waals surface area contributed by atoms with Crippen LogP contribution in [-0.2, 0) is 11.3 Å². The van der Waals surface area contributed by atoms with E-state index in [-0.39, 0.29) is 18.0 Å². The molecule has 126 valence electrons. The Morgan fingerprint density at radius 3 is 2.83 bits per heavy atom. The van der Waals surface area contributed by atoms with Crippen LogP contribution in [0.25, 0.3) is 10.8 Å². The van der Waals surface area contributed by atoms with Crippen LogP contribution in [0.5, 0.6) is 0 Å². The van der Waals surface area contributed by atoms with Gasteiger partial charge in [0.2, 0.25) is 5.91 Å². The van der Waals surface area contributed by atoms with Gasteiger partial charge in [-0.2, -0.15) is 0 Å². The summed E-state index contributed by atoms with van der Waals surface area (Å²) < 4.78 is 0. The molecular weight excluding hydrogens is 302 g/mol. The van der Waals surface area contributed by atoms with E-state index in [1.54, 1.807) is 0 Å². The minimum atomic E-state index is -0.193. The van der Waals surface area contributed by atoms with Crippen LogP contribution in [0.4, 0.5) is 4.79 Å². The van der Waals surface area contributed by atoms with Crippen LogP contribution in [0.15, 0.2) is 42.5 Å². The van der Waals surface area contributed by atoms with Crippen molar-refractivity contribution in [1.82, 2.24) is 15.5 Å². The SMILES string of the molecule is CCCNC(=O)NC1CC(=O)N(Cc2cccc3ccccc23)C1. The second-order valence-corrected chi connectivity index (χ2v) is 6.21. The number of carbonyl (C=O) groups is 2. The van der Waals surface area contributed by atoms with Crippen LogP contribution in [0.3, 0.4) is 0 Å². The molecule has 1 atom stereocenters. The Kier molecular flexibility index (Phi) is 4.99. The van der Waals surface area contributed by atoms with Crippen molar-refractivity contribution in [2.45, 2.75) is 32.4 Å². The Hall–Kier alpha value is -2.56. The summed E-state index contributed by atoms with van der Waals surface area (Å²) in [4.78, 5) is 25.9. The molecule has 0 bridgehead atoms. The molecule has 0 saturated carbocycles. The van der Waals surface area contributed by atoms with Gasteiger partial charge >= 0.3 is 6.03 Å². The van der Waals surface area contributed by atoms with Gasteiger partial charge in [0.05, 0.1) is 6.04 Å². The Morgan fingerprint density at radius 2 is 2.00 bits per heavy atom. The average Bonchev–Trinajstić information content (AvgIpc) is 2.92.